The number of nitrogens with zero attached hydrogens (tertiary/aromatic N) is 1. The Kier molecular flexibility index (Phi) is 62.7. The van der Waals surface area contributed by atoms with Gasteiger partial charge in [0.05, 0.1) is 27.7 Å². The minimum atomic E-state index is -4.63. The highest BCUT2D eigenvalue weighted by molar-refractivity contribution is 7.45. The number of ether oxygens (including phenoxy) is 2. The fraction of sp³-hybridized carbons (Fsp3) is 0.972. The van der Waals surface area contributed by atoms with E-state index in [0.29, 0.717) is 17.4 Å². The van der Waals surface area contributed by atoms with E-state index in [1.165, 1.54) is 327 Å². The number of phosphoric ester groups is 1. The maximum Gasteiger partial charge on any atom is 0.306 e. The molecule has 0 aromatic carbocycles. The van der Waals surface area contributed by atoms with Crippen molar-refractivity contribution in [2.24, 2.45) is 0 Å². The van der Waals surface area contributed by atoms with Gasteiger partial charge in [0, 0.05) is 12.8 Å². The van der Waals surface area contributed by atoms with Crippen molar-refractivity contribution in [1.29, 1.82) is 0 Å². The van der Waals surface area contributed by atoms with Crippen molar-refractivity contribution in [1.82, 2.24) is 0 Å². The molecule has 0 saturated carbocycles. The molecule has 0 fully saturated rings. The average molecular weight is 1170 g/mol. The molecule has 81 heavy (non-hydrogen) atoms. The molecule has 10 heteroatoms. The van der Waals surface area contributed by atoms with Crippen molar-refractivity contribution in [3.05, 3.63) is 0 Å². The van der Waals surface area contributed by atoms with Gasteiger partial charge in [-0.3, -0.25) is 14.2 Å². The second-order valence-electron chi connectivity index (χ2n) is 26.3. The summed E-state index contributed by atoms with van der Waals surface area (Å²) in [5.74, 6) is -0.802. The van der Waals surface area contributed by atoms with E-state index in [0.717, 1.165) is 32.1 Å². The number of hydrogen-bond acceptors (Lipinski definition) is 8. The van der Waals surface area contributed by atoms with Crippen LogP contribution < -0.4 is 4.89 Å². The summed E-state index contributed by atoms with van der Waals surface area (Å²) in [7, 11) is 1.20. The predicted molar refractivity (Wildman–Crippen MR) is 347 cm³/mol. The molecule has 0 N–H and O–H groups in total. The number of phosphoric acid groups is 1. The summed E-state index contributed by atoms with van der Waals surface area (Å²) in [6.07, 6.45) is 76.3. The van der Waals surface area contributed by atoms with Gasteiger partial charge in [-0.15, -0.1) is 0 Å². The van der Waals surface area contributed by atoms with E-state index in [1.54, 1.807) is 0 Å². The highest BCUT2D eigenvalue weighted by atomic mass is 31.2. The van der Waals surface area contributed by atoms with Crippen LogP contribution in [-0.2, 0) is 32.7 Å². The summed E-state index contributed by atoms with van der Waals surface area (Å²) < 4.78 is 34.4. The number of rotatable bonds is 69. The highest BCUT2D eigenvalue weighted by Crippen LogP contribution is 2.38. The molecule has 0 aliphatic rings. The number of quaternary nitrogens is 1. The first kappa shape index (κ1) is 80.0. The Labute approximate surface area is 505 Å². The van der Waals surface area contributed by atoms with Crippen molar-refractivity contribution < 1.29 is 42.1 Å². The Morgan fingerprint density at radius 3 is 0.790 bits per heavy atom. The summed E-state index contributed by atoms with van der Waals surface area (Å²) >= 11 is 0. The van der Waals surface area contributed by atoms with E-state index in [4.69, 9.17) is 18.5 Å². The minimum Gasteiger partial charge on any atom is -0.756 e. The van der Waals surface area contributed by atoms with Crippen LogP contribution in [0.5, 0.6) is 0 Å². The first-order valence-electron chi connectivity index (χ1n) is 36.2. The Morgan fingerprint density at radius 1 is 0.333 bits per heavy atom. The van der Waals surface area contributed by atoms with Gasteiger partial charge in [-0.25, -0.2) is 0 Å². The Morgan fingerprint density at radius 2 is 0.556 bits per heavy atom. The van der Waals surface area contributed by atoms with Gasteiger partial charge in [0.2, 0.25) is 0 Å². The third kappa shape index (κ3) is 68.0. The van der Waals surface area contributed by atoms with E-state index in [-0.39, 0.29) is 32.0 Å². The fourth-order valence-electron chi connectivity index (χ4n) is 11.3. The predicted octanol–water partition coefficient (Wildman–Crippen LogP) is 22.7. The van der Waals surface area contributed by atoms with Crippen molar-refractivity contribution in [2.75, 3.05) is 47.5 Å². The van der Waals surface area contributed by atoms with Crippen LogP contribution in [0.15, 0.2) is 0 Å². The number of hydrogen-bond donors (Lipinski definition) is 0. The van der Waals surface area contributed by atoms with Crippen molar-refractivity contribution >= 4 is 19.8 Å². The van der Waals surface area contributed by atoms with E-state index in [2.05, 4.69) is 13.8 Å². The zero-order valence-corrected chi connectivity index (χ0v) is 56.2. The molecule has 0 rings (SSSR count). The average Bonchev–Trinajstić information content (AvgIpc) is 3.43. The number of unbranched alkanes of at least 4 members (excludes halogenated alkanes) is 55. The Bertz CT molecular complexity index is 1330. The van der Waals surface area contributed by atoms with Crippen molar-refractivity contribution in [3.8, 4) is 0 Å². The number of carbonyl (C=O) groups is 2. The molecule has 0 amide bonds. The van der Waals surface area contributed by atoms with Gasteiger partial charge in [-0.05, 0) is 12.8 Å². The first-order valence-corrected chi connectivity index (χ1v) is 37.7. The van der Waals surface area contributed by atoms with Crippen molar-refractivity contribution in [3.63, 3.8) is 0 Å². The Hall–Kier alpha value is -0.990. The van der Waals surface area contributed by atoms with Crippen LogP contribution in [0.2, 0.25) is 0 Å². The maximum absolute atomic E-state index is 12.9. The topological polar surface area (TPSA) is 111 Å². The standard InChI is InChI=1S/C71H142NO8P/c1-6-8-10-12-14-16-18-20-22-24-26-28-30-32-34-35-36-38-40-42-44-46-48-50-52-54-56-58-60-62-64-71(74)80-69(68-79-81(75,76)78-66-65-72(3,4)5)67-77-70(73)63-61-59-57-55-53-51-49-47-45-43-41-39-37-33-31-29-27-25-23-21-19-17-15-13-11-9-7-2/h69H,6-68H2,1-5H3. The summed E-state index contributed by atoms with van der Waals surface area (Å²) in [6, 6.07) is 0. The van der Waals surface area contributed by atoms with Crippen LogP contribution in [0.3, 0.4) is 0 Å². The normalized spacial score (nSPS) is 13.0. The summed E-state index contributed by atoms with van der Waals surface area (Å²) in [4.78, 5) is 38.1. The first-order chi connectivity index (χ1) is 39.5. The third-order valence-corrected chi connectivity index (χ3v) is 17.8. The lowest BCUT2D eigenvalue weighted by atomic mass is 10.0. The Balaban J connectivity index is 3.95. The van der Waals surface area contributed by atoms with Crippen LogP contribution in [0.25, 0.3) is 0 Å². The molecule has 484 valence electrons. The quantitative estimate of drug-likeness (QED) is 0.0256. The summed E-state index contributed by atoms with van der Waals surface area (Å²) in [5.41, 5.74) is 0. The van der Waals surface area contributed by atoms with Crippen LogP contribution >= 0.6 is 7.82 Å². The van der Waals surface area contributed by atoms with Gasteiger partial charge < -0.3 is 27.9 Å². The summed E-state index contributed by atoms with van der Waals surface area (Å²) in [6.45, 7) is 4.34. The van der Waals surface area contributed by atoms with Gasteiger partial charge in [-0.2, -0.15) is 0 Å². The SMILES string of the molecule is CCCCCCCCCCCCCCCCCCCCCCCCCCCCCCCCC(=O)OC(COC(=O)CCCCCCCCCCCCCCCCCCCCCCCCCCCCC)COP(=O)([O-])OCC[N+](C)(C)C. The lowest BCUT2D eigenvalue weighted by Crippen LogP contribution is -2.37. The van der Waals surface area contributed by atoms with Crippen molar-refractivity contribution in [2.45, 2.75) is 399 Å². The van der Waals surface area contributed by atoms with Crippen LogP contribution in [0.4, 0.5) is 0 Å². The molecule has 0 aromatic rings. The van der Waals surface area contributed by atoms with E-state index in [9.17, 15) is 19.0 Å². The molecule has 9 nitrogen and oxygen atoms in total. The molecule has 0 aliphatic carbocycles. The molecule has 0 radical (unpaired) electrons. The molecular weight excluding hydrogens is 1030 g/mol. The van der Waals surface area contributed by atoms with Gasteiger partial charge in [-0.1, -0.05) is 367 Å². The van der Waals surface area contributed by atoms with Crippen LogP contribution in [-0.4, -0.2) is 70.0 Å². The minimum absolute atomic E-state index is 0.0247. The second kappa shape index (κ2) is 63.5. The highest BCUT2D eigenvalue weighted by Gasteiger charge is 2.22. The van der Waals surface area contributed by atoms with Gasteiger partial charge >= 0.3 is 11.9 Å². The number of esters is 2. The largest absolute Gasteiger partial charge is 0.756 e. The zero-order valence-electron chi connectivity index (χ0n) is 55.3. The molecule has 0 aromatic heterocycles. The lowest BCUT2D eigenvalue weighted by Gasteiger charge is -2.28. The fourth-order valence-corrected chi connectivity index (χ4v) is 12.0. The van der Waals surface area contributed by atoms with Gasteiger partial charge in [0.15, 0.2) is 6.10 Å². The zero-order chi connectivity index (χ0) is 59.1. The van der Waals surface area contributed by atoms with Gasteiger partial charge in [0.25, 0.3) is 7.82 Å². The molecule has 0 heterocycles. The van der Waals surface area contributed by atoms with E-state index < -0.39 is 26.5 Å². The molecule has 0 saturated heterocycles. The van der Waals surface area contributed by atoms with E-state index >= 15 is 0 Å². The van der Waals surface area contributed by atoms with Crippen LogP contribution in [0, 0.1) is 0 Å². The van der Waals surface area contributed by atoms with Crippen LogP contribution in [0.1, 0.15) is 393 Å². The molecular formula is C71H142NO8P. The monoisotopic (exact) mass is 1170 g/mol. The summed E-state index contributed by atoms with van der Waals surface area (Å²) in [5, 5.41) is 0. The molecule has 0 bridgehead atoms. The molecule has 2 atom stereocenters. The smallest absolute Gasteiger partial charge is 0.306 e. The van der Waals surface area contributed by atoms with Gasteiger partial charge in [0.1, 0.15) is 19.8 Å². The number of likely N-dealkylation sites (N-methyl/N-ethyl adjacent to an activating group) is 1. The molecule has 2 unspecified atom stereocenters. The van der Waals surface area contributed by atoms with E-state index in [1.807, 2.05) is 21.1 Å². The maximum atomic E-state index is 12.9. The third-order valence-electron chi connectivity index (χ3n) is 16.9. The molecule has 0 aliphatic heterocycles. The number of carbonyl (C=O) groups excluding carboxylic acids is 2. The lowest BCUT2D eigenvalue weighted by molar-refractivity contribution is -0.870. The second-order valence-corrected chi connectivity index (χ2v) is 27.7. The molecule has 0 spiro atoms.